The maximum absolute atomic E-state index is 12.6. The maximum atomic E-state index is 12.6. The van der Waals surface area contributed by atoms with Crippen LogP contribution in [0.25, 0.3) is 0 Å². The molecule has 0 aliphatic heterocycles. The van der Waals surface area contributed by atoms with Crippen molar-refractivity contribution in [2.75, 3.05) is 0 Å². The molecule has 0 aliphatic carbocycles. The molecule has 0 spiro atoms. The van der Waals surface area contributed by atoms with Gasteiger partial charge in [-0.15, -0.1) is 11.3 Å². The number of nitrogens with one attached hydrogen (secondary N) is 1. The minimum atomic E-state index is -4.80. The van der Waals surface area contributed by atoms with Crippen LogP contribution in [0.4, 0.5) is 13.2 Å². The van der Waals surface area contributed by atoms with Gasteiger partial charge in [0.2, 0.25) is 0 Å². The van der Waals surface area contributed by atoms with Crippen molar-refractivity contribution in [2.24, 2.45) is 0 Å². The Morgan fingerprint density at radius 1 is 1.42 bits per heavy atom. The SMILES string of the molecule is Cc1cc(C(=O)NC(CC(=O)O)C(F)(F)F)c(C)s1. The molecular weight excluding hydrogens is 283 g/mol. The van der Waals surface area contributed by atoms with Gasteiger partial charge in [-0.3, -0.25) is 9.59 Å². The van der Waals surface area contributed by atoms with Crippen molar-refractivity contribution in [3.8, 4) is 0 Å². The molecule has 0 saturated heterocycles. The first-order chi connectivity index (χ1) is 8.61. The number of carboxylic acid groups (broad SMARTS) is 1. The molecular formula is C11H12F3NO3S. The van der Waals surface area contributed by atoms with Gasteiger partial charge in [0.15, 0.2) is 0 Å². The number of thiophene rings is 1. The largest absolute Gasteiger partial charge is 0.481 e. The van der Waals surface area contributed by atoms with Crippen LogP contribution in [0.2, 0.25) is 0 Å². The Bertz CT molecular complexity index is 496. The zero-order chi connectivity index (χ0) is 14.8. The minimum absolute atomic E-state index is 0.141. The summed E-state index contributed by atoms with van der Waals surface area (Å²) < 4.78 is 37.8. The number of carbonyl (C=O) groups excluding carboxylic acids is 1. The molecule has 0 aliphatic rings. The van der Waals surface area contributed by atoms with E-state index in [0.717, 1.165) is 4.88 Å². The van der Waals surface area contributed by atoms with E-state index < -0.39 is 30.5 Å². The van der Waals surface area contributed by atoms with E-state index in [1.54, 1.807) is 19.2 Å². The summed E-state index contributed by atoms with van der Waals surface area (Å²) in [5.74, 6) is -2.54. The molecule has 0 fully saturated rings. The van der Waals surface area contributed by atoms with E-state index in [1.807, 2.05) is 0 Å². The van der Waals surface area contributed by atoms with E-state index in [0.29, 0.717) is 4.88 Å². The normalized spacial score (nSPS) is 13.1. The Balaban J connectivity index is 2.88. The summed E-state index contributed by atoms with van der Waals surface area (Å²) in [6, 6.07) is -0.916. The van der Waals surface area contributed by atoms with Crippen molar-refractivity contribution >= 4 is 23.2 Å². The Labute approximate surface area is 111 Å². The molecule has 1 unspecified atom stereocenters. The van der Waals surface area contributed by atoms with Gasteiger partial charge in [-0.1, -0.05) is 0 Å². The number of carbonyl (C=O) groups is 2. The van der Waals surface area contributed by atoms with Crippen molar-refractivity contribution in [3.05, 3.63) is 21.4 Å². The molecule has 2 N–H and O–H groups in total. The molecule has 0 bridgehead atoms. The van der Waals surface area contributed by atoms with Gasteiger partial charge in [0.05, 0.1) is 12.0 Å². The van der Waals surface area contributed by atoms with Crippen LogP contribution >= 0.6 is 11.3 Å². The molecule has 0 radical (unpaired) electrons. The van der Waals surface area contributed by atoms with Crippen LogP contribution in [0.5, 0.6) is 0 Å². The molecule has 1 rings (SSSR count). The summed E-state index contributed by atoms with van der Waals surface area (Å²) in [4.78, 5) is 23.5. The van der Waals surface area contributed by atoms with E-state index in [2.05, 4.69) is 0 Å². The van der Waals surface area contributed by atoms with Crippen molar-refractivity contribution in [1.29, 1.82) is 0 Å². The fourth-order valence-corrected chi connectivity index (χ4v) is 2.44. The van der Waals surface area contributed by atoms with Gasteiger partial charge in [0.25, 0.3) is 5.91 Å². The average molecular weight is 295 g/mol. The summed E-state index contributed by atoms with van der Waals surface area (Å²) in [6.07, 6.45) is -6.00. The lowest BCUT2D eigenvalue weighted by atomic mass is 10.1. The van der Waals surface area contributed by atoms with Gasteiger partial charge in [0.1, 0.15) is 6.04 Å². The van der Waals surface area contributed by atoms with E-state index in [1.165, 1.54) is 17.4 Å². The van der Waals surface area contributed by atoms with Crippen LogP contribution in [0.15, 0.2) is 6.07 Å². The predicted molar refractivity (Wildman–Crippen MR) is 63.4 cm³/mol. The number of aryl methyl sites for hydroxylation is 2. The highest BCUT2D eigenvalue weighted by molar-refractivity contribution is 7.12. The quantitative estimate of drug-likeness (QED) is 0.897. The number of amides is 1. The Morgan fingerprint density at radius 3 is 2.37 bits per heavy atom. The van der Waals surface area contributed by atoms with Crippen LogP contribution < -0.4 is 5.32 Å². The second-order valence-corrected chi connectivity index (χ2v) is 5.45. The molecule has 0 aromatic carbocycles. The van der Waals surface area contributed by atoms with Crippen molar-refractivity contribution in [2.45, 2.75) is 32.5 Å². The van der Waals surface area contributed by atoms with Crippen LogP contribution in [-0.2, 0) is 4.79 Å². The number of hydrogen-bond acceptors (Lipinski definition) is 3. The third-order valence-electron chi connectivity index (χ3n) is 2.36. The summed E-state index contributed by atoms with van der Waals surface area (Å²) in [5, 5.41) is 10.2. The van der Waals surface area contributed by atoms with E-state index in [-0.39, 0.29) is 5.56 Å². The van der Waals surface area contributed by atoms with Crippen LogP contribution in [0.3, 0.4) is 0 Å². The van der Waals surface area contributed by atoms with Gasteiger partial charge in [0, 0.05) is 9.75 Å². The van der Waals surface area contributed by atoms with Crippen molar-refractivity contribution in [3.63, 3.8) is 0 Å². The average Bonchev–Trinajstić information content (AvgIpc) is 2.54. The molecule has 4 nitrogen and oxygen atoms in total. The van der Waals surface area contributed by atoms with E-state index in [9.17, 15) is 22.8 Å². The third kappa shape index (κ3) is 4.23. The highest BCUT2D eigenvalue weighted by atomic mass is 32.1. The summed E-state index contributed by atoms with van der Waals surface area (Å²) in [7, 11) is 0. The minimum Gasteiger partial charge on any atom is -0.481 e. The number of hydrogen-bond donors (Lipinski definition) is 2. The molecule has 19 heavy (non-hydrogen) atoms. The summed E-state index contributed by atoms with van der Waals surface area (Å²) in [6.45, 7) is 3.35. The second-order valence-electron chi connectivity index (χ2n) is 3.99. The van der Waals surface area contributed by atoms with Crippen molar-refractivity contribution < 1.29 is 27.9 Å². The first-order valence-electron chi connectivity index (χ1n) is 5.27. The first kappa shape index (κ1) is 15.5. The zero-order valence-electron chi connectivity index (χ0n) is 10.2. The lowest BCUT2D eigenvalue weighted by Gasteiger charge is -2.19. The number of halogens is 3. The highest BCUT2D eigenvalue weighted by Gasteiger charge is 2.42. The Hall–Kier alpha value is -1.57. The van der Waals surface area contributed by atoms with E-state index in [4.69, 9.17) is 5.11 Å². The number of alkyl halides is 3. The molecule has 1 aromatic heterocycles. The van der Waals surface area contributed by atoms with Crippen molar-refractivity contribution in [1.82, 2.24) is 5.32 Å². The van der Waals surface area contributed by atoms with Gasteiger partial charge >= 0.3 is 12.1 Å². The number of rotatable bonds is 4. The molecule has 106 valence electrons. The smallest absolute Gasteiger partial charge is 0.409 e. The third-order valence-corrected chi connectivity index (χ3v) is 3.33. The lowest BCUT2D eigenvalue weighted by Crippen LogP contribution is -2.46. The lowest BCUT2D eigenvalue weighted by molar-refractivity contribution is -0.165. The Morgan fingerprint density at radius 2 is 2.00 bits per heavy atom. The monoisotopic (exact) mass is 295 g/mol. The van der Waals surface area contributed by atoms with Gasteiger partial charge in [-0.25, -0.2) is 0 Å². The standard InChI is InChI=1S/C11H12F3NO3S/c1-5-3-7(6(2)19-5)10(18)15-8(4-9(16)17)11(12,13)14/h3,8H,4H2,1-2H3,(H,15,18)(H,16,17). The molecule has 1 aromatic rings. The zero-order valence-corrected chi connectivity index (χ0v) is 11.0. The first-order valence-corrected chi connectivity index (χ1v) is 6.09. The molecule has 1 amide bonds. The highest BCUT2D eigenvalue weighted by Crippen LogP contribution is 2.25. The van der Waals surface area contributed by atoms with Gasteiger partial charge in [-0.05, 0) is 19.9 Å². The summed E-state index contributed by atoms with van der Waals surface area (Å²) >= 11 is 1.29. The fourth-order valence-electron chi connectivity index (χ4n) is 1.52. The van der Waals surface area contributed by atoms with E-state index >= 15 is 0 Å². The molecule has 0 saturated carbocycles. The van der Waals surface area contributed by atoms with Gasteiger partial charge < -0.3 is 10.4 Å². The molecule has 1 atom stereocenters. The van der Waals surface area contributed by atoms with Crippen LogP contribution in [0, 0.1) is 13.8 Å². The van der Waals surface area contributed by atoms with Gasteiger partial charge in [-0.2, -0.15) is 13.2 Å². The maximum Gasteiger partial charge on any atom is 0.409 e. The fraction of sp³-hybridized carbons (Fsp3) is 0.455. The topological polar surface area (TPSA) is 66.4 Å². The summed E-state index contributed by atoms with van der Waals surface area (Å²) in [5.41, 5.74) is 0.141. The number of aliphatic carboxylic acids is 1. The van der Waals surface area contributed by atoms with Crippen LogP contribution in [0.1, 0.15) is 26.5 Å². The Kier molecular flexibility index (Phi) is 4.56. The molecule has 1 heterocycles. The predicted octanol–water partition coefficient (Wildman–Crippen LogP) is 2.50. The van der Waals surface area contributed by atoms with Crippen LogP contribution in [-0.4, -0.2) is 29.2 Å². The molecule has 8 heteroatoms. The second kappa shape index (κ2) is 5.60. The number of carboxylic acids is 1.